The normalized spacial score (nSPS) is 19.6. The zero-order valence-electron chi connectivity index (χ0n) is 11.5. The summed E-state index contributed by atoms with van der Waals surface area (Å²) in [5, 5.41) is 0. The average Bonchev–Trinajstić information content (AvgIpc) is 2.45. The molecule has 1 saturated heterocycles. The van der Waals surface area contributed by atoms with Crippen LogP contribution in [0.1, 0.15) is 24.0 Å². The highest BCUT2D eigenvalue weighted by atomic mass is 19.4. The Balaban J connectivity index is 2.29. The first kappa shape index (κ1) is 15.6. The fraction of sp³-hybridized carbons (Fsp3) is 0.500. The van der Waals surface area contributed by atoms with E-state index in [-0.39, 0.29) is 18.4 Å². The van der Waals surface area contributed by atoms with Gasteiger partial charge in [-0.05, 0) is 36.6 Å². The number of carbonyl (C=O) groups excluding carboxylic acids is 1. The molecule has 2 rings (SSSR count). The summed E-state index contributed by atoms with van der Waals surface area (Å²) in [4.78, 5) is 13.2. The van der Waals surface area contributed by atoms with E-state index in [1.807, 2.05) is 4.90 Å². The van der Waals surface area contributed by atoms with Gasteiger partial charge in [0.2, 0.25) is 5.91 Å². The van der Waals surface area contributed by atoms with E-state index in [1.54, 1.807) is 0 Å². The number of piperidine rings is 1. The number of primary amides is 1. The van der Waals surface area contributed by atoms with Gasteiger partial charge in [-0.25, -0.2) is 0 Å². The van der Waals surface area contributed by atoms with Gasteiger partial charge in [-0.2, -0.15) is 13.2 Å². The van der Waals surface area contributed by atoms with E-state index in [9.17, 15) is 18.0 Å². The molecule has 1 aromatic rings. The first-order chi connectivity index (χ1) is 9.82. The van der Waals surface area contributed by atoms with Crippen molar-refractivity contribution in [1.29, 1.82) is 0 Å². The largest absolute Gasteiger partial charge is 0.416 e. The van der Waals surface area contributed by atoms with Crippen molar-refractivity contribution in [2.24, 2.45) is 17.4 Å². The van der Waals surface area contributed by atoms with E-state index in [0.29, 0.717) is 30.8 Å². The van der Waals surface area contributed by atoms with Crippen molar-refractivity contribution in [2.75, 3.05) is 18.0 Å². The quantitative estimate of drug-likeness (QED) is 0.895. The highest BCUT2D eigenvalue weighted by molar-refractivity contribution is 5.77. The molecule has 0 saturated carbocycles. The Hall–Kier alpha value is -1.76. The minimum absolute atomic E-state index is 0.0109. The molecule has 1 unspecified atom stereocenters. The third-order valence-corrected chi connectivity index (χ3v) is 3.79. The van der Waals surface area contributed by atoms with Gasteiger partial charge in [0.1, 0.15) is 0 Å². The fourth-order valence-corrected chi connectivity index (χ4v) is 2.66. The topological polar surface area (TPSA) is 72.3 Å². The van der Waals surface area contributed by atoms with Crippen LogP contribution in [0.5, 0.6) is 0 Å². The molecule has 21 heavy (non-hydrogen) atoms. The van der Waals surface area contributed by atoms with Crippen LogP contribution in [0.4, 0.5) is 18.9 Å². The van der Waals surface area contributed by atoms with Gasteiger partial charge in [0.05, 0.1) is 11.5 Å². The zero-order valence-corrected chi connectivity index (χ0v) is 11.5. The van der Waals surface area contributed by atoms with Crippen LogP contribution < -0.4 is 16.4 Å². The monoisotopic (exact) mass is 301 g/mol. The maximum absolute atomic E-state index is 12.7. The minimum Gasteiger partial charge on any atom is -0.370 e. The number of nitrogens with two attached hydrogens (primary N) is 2. The molecule has 0 radical (unpaired) electrons. The zero-order chi connectivity index (χ0) is 15.6. The standard InChI is InChI=1S/C14H18F3N3O/c15-14(16,17)11-3-4-12(10(6-11)7-18)20-5-1-2-9(8-20)13(19)21/h3-4,6,9H,1-2,5,7-8,18H2,(H2,19,21). The highest BCUT2D eigenvalue weighted by Crippen LogP contribution is 2.34. The highest BCUT2D eigenvalue weighted by Gasteiger charge is 2.32. The number of rotatable bonds is 3. The molecule has 116 valence electrons. The Morgan fingerprint density at radius 3 is 2.67 bits per heavy atom. The molecule has 1 atom stereocenters. The van der Waals surface area contributed by atoms with Gasteiger partial charge >= 0.3 is 6.18 Å². The van der Waals surface area contributed by atoms with Crippen molar-refractivity contribution >= 4 is 11.6 Å². The van der Waals surface area contributed by atoms with E-state index in [0.717, 1.165) is 18.6 Å². The summed E-state index contributed by atoms with van der Waals surface area (Å²) in [5.74, 6) is -0.646. The molecule has 7 heteroatoms. The molecule has 1 aliphatic rings. The van der Waals surface area contributed by atoms with Crippen molar-refractivity contribution in [3.63, 3.8) is 0 Å². The molecule has 1 amide bonds. The molecule has 0 aromatic heterocycles. The van der Waals surface area contributed by atoms with Gasteiger partial charge in [0, 0.05) is 25.3 Å². The van der Waals surface area contributed by atoms with Gasteiger partial charge in [-0.3, -0.25) is 4.79 Å². The lowest BCUT2D eigenvalue weighted by Gasteiger charge is -2.34. The lowest BCUT2D eigenvalue weighted by Crippen LogP contribution is -2.41. The number of amides is 1. The summed E-state index contributed by atoms with van der Waals surface area (Å²) >= 11 is 0. The number of hydrogen-bond acceptors (Lipinski definition) is 3. The van der Waals surface area contributed by atoms with Gasteiger partial charge in [0.15, 0.2) is 0 Å². The van der Waals surface area contributed by atoms with Crippen molar-refractivity contribution in [2.45, 2.75) is 25.6 Å². The summed E-state index contributed by atoms with van der Waals surface area (Å²) < 4.78 is 38.2. The average molecular weight is 301 g/mol. The Labute approximate surface area is 120 Å². The Morgan fingerprint density at radius 2 is 2.10 bits per heavy atom. The van der Waals surface area contributed by atoms with Crippen molar-refractivity contribution < 1.29 is 18.0 Å². The second kappa shape index (κ2) is 5.93. The SMILES string of the molecule is NCc1cc(C(F)(F)F)ccc1N1CCCC(C(N)=O)C1. The van der Waals surface area contributed by atoms with Crippen LogP contribution in [0, 0.1) is 5.92 Å². The van der Waals surface area contributed by atoms with E-state index in [1.165, 1.54) is 6.07 Å². The van der Waals surface area contributed by atoms with Crippen LogP contribution in [0.3, 0.4) is 0 Å². The molecule has 4 N–H and O–H groups in total. The summed E-state index contributed by atoms with van der Waals surface area (Å²) in [6.45, 7) is 1.12. The number of halogens is 3. The number of anilines is 1. The van der Waals surface area contributed by atoms with Gasteiger partial charge in [-0.15, -0.1) is 0 Å². The summed E-state index contributed by atoms with van der Waals surface area (Å²) in [7, 11) is 0. The Kier molecular flexibility index (Phi) is 4.41. The van der Waals surface area contributed by atoms with Crippen LogP contribution in [-0.2, 0) is 17.5 Å². The first-order valence-corrected chi connectivity index (χ1v) is 6.77. The minimum atomic E-state index is -4.39. The van der Waals surface area contributed by atoms with Gasteiger partial charge < -0.3 is 16.4 Å². The predicted molar refractivity (Wildman–Crippen MR) is 73.5 cm³/mol. The lowest BCUT2D eigenvalue weighted by molar-refractivity contribution is -0.137. The third-order valence-electron chi connectivity index (χ3n) is 3.79. The van der Waals surface area contributed by atoms with E-state index in [2.05, 4.69) is 0 Å². The molecular formula is C14H18F3N3O. The van der Waals surface area contributed by atoms with Crippen LogP contribution >= 0.6 is 0 Å². The van der Waals surface area contributed by atoms with Crippen LogP contribution in [0.2, 0.25) is 0 Å². The van der Waals surface area contributed by atoms with E-state index >= 15 is 0 Å². The Morgan fingerprint density at radius 1 is 1.38 bits per heavy atom. The molecule has 1 heterocycles. The maximum Gasteiger partial charge on any atom is 0.416 e. The van der Waals surface area contributed by atoms with Crippen LogP contribution in [0.25, 0.3) is 0 Å². The van der Waals surface area contributed by atoms with Crippen molar-refractivity contribution in [1.82, 2.24) is 0 Å². The molecule has 0 spiro atoms. The molecule has 0 aliphatic carbocycles. The van der Waals surface area contributed by atoms with Crippen molar-refractivity contribution in [3.8, 4) is 0 Å². The van der Waals surface area contributed by atoms with Crippen LogP contribution in [0.15, 0.2) is 18.2 Å². The first-order valence-electron chi connectivity index (χ1n) is 6.77. The number of carbonyl (C=O) groups is 1. The Bertz CT molecular complexity index is 531. The van der Waals surface area contributed by atoms with E-state index < -0.39 is 11.7 Å². The predicted octanol–water partition coefficient (Wildman–Crippen LogP) is 1.87. The number of alkyl halides is 3. The molecule has 1 fully saturated rings. The molecule has 0 bridgehead atoms. The lowest BCUT2D eigenvalue weighted by atomic mass is 9.96. The molecule has 1 aliphatic heterocycles. The fourth-order valence-electron chi connectivity index (χ4n) is 2.66. The number of nitrogens with zero attached hydrogens (tertiary/aromatic N) is 1. The van der Waals surface area contributed by atoms with Gasteiger partial charge in [0.25, 0.3) is 0 Å². The molecular weight excluding hydrogens is 283 g/mol. The van der Waals surface area contributed by atoms with Gasteiger partial charge in [-0.1, -0.05) is 0 Å². The second-order valence-electron chi connectivity index (χ2n) is 5.23. The smallest absolute Gasteiger partial charge is 0.370 e. The number of benzene rings is 1. The van der Waals surface area contributed by atoms with E-state index in [4.69, 9.17) is 11.5 Å². The number of hydrogen-bond donors (Lipinski definition) is 2. The summed E-state index contributed by atoms with van der Waals surface area (Å²) in [6.07, 6.45) is -2.90. The maximum atomic E-state index is 12.7. The summed E-state index contributed by atoms with van der Waals surface area (Å²) in [5.41, 5.74) is 11.3. The van der Waals surface area contributed by atoms with Crippen molar-refractivity contribution in [3.05, 3.63) is 29.3 Å². The molecule has 4 nitrogen and oxygen atoms in total. The summed E-state index contributed by atoms with van der Waals surface area (Å²) in [6, 6.07) is 3.54. The third kappa shape index (κ3) is 3.47. The second-order valence-corrected chi connectivity index (χ2v) is 5.23. The molecule has 1 aromatic carbocycles. The van der Waals surface area contributed by atoms with Crippen LogP contribution in [-0.4, -0.2) is 19.0 Å².